The first kappa shape index (κ1) is 22.7. The molecule has 7 heteroatoms. The van der Waals surface area contributed by atoms with Gasteiger partial charge in [-0.05, 0) is 65.2 Å². The predicted molar refractivity (Wildman–Crippen MR) is 120 cm³/mol. The molecule has 1 aromatic carbocycles. The van der Waals surface area contributed by atoms with Gasteiger partial charge in [-0.25, -0.2) is 9.78 Å². The van der Waals surface area contributed by atoms with Gasteiger partial charge in [-0.15, -0.1) is 5.92 Å². The molecule has 0 amide bonds. The van der Waals surface area contributed by atoms with Gasteiger partial charge in [0.25, 0.3) is 0 Å². The van der Waals surface area contributed by atoms with Gasteiger partial charge in [0.2, 0.25) is 5.88 Å². The highest BCUT2D eigenvalue weighted by molar-refractivity contribution is 5.87. The Morgan fingerprint density at radius 2 is 2.00 bits per heavy atom. The molecule has 0 aliphatic heterocycles. The van der Waals surface area contributed by atoms with Crippen molar-refractivity contribution in [1.82, 2.24) is 9.97 Å². The average molecular weight is 426 g/mol. The third-order valence-electron chi connectivity index (χ3n) is 4.91. The van der Waals surface area contributed by atoms with E-state index in [4.69, 9.17) is 14.2 Å². The van der Waals surface area contributed by atoms with Crippen LogP contribution in [0.15, 0.2) is 18.2 Å². The second-order valence-corrected chi connectivity index (χ2v) is 8.63. The monoisotopic (exact) mass is 425 g/mol. The van der Waals surface area contributed by atoms with Crippen molar-refractivity contribution in [3.63, 3.8) is 0 Å². The van der Waals surface area contributed by atoms with Crippen molar-refractivity contribution in [2.75, 3.05) is 18.5 Å². The number of benzene rings is 1. The summed E-state index contributed by atoms with van der Waals surface area (Å²) in [6.07, 6.45) is 3.21. The summed E-state index contributed by atoms with van der Waals surface area (Å²) < 4.78 is 16.1. The molecule has 0 unspecified atom stereocenters. The maximum Gasteiger partial charge on any atom is 0.508 e. The van der Waals surface area contributed by atoms with E-state index in [9.17, 15) is 4.79 Å². The van der Waals surface area contributed by atoms with Crippen LogP contribution in [0.5, 0.6) is 5.88 Å². The van der Waals surface area contributed by atoms with Crippen LogP contribution in [0, 0.1) is 11.8 Å². The van der Waals surface area contributed by atoms with Gasteiger partial charge in [-0.3, -0.25) is 0 Å². The topological polar surface area (TPSA) is 82.6 Å². The van der Waals surface area contributed by atoms with Crippen molar-refractivity contribution in [2.24, 2.45) is 0 Å². The van der Waals surface area contributed by atoms with E-state index in [2.05, 4.69) is 27.1 Å². The molecular weight excluding hydrogens is 394 g/mol. The molecule has 3 rings (SSSR count). The Balaban J connectivity index is 1.74. The minimum Gasteiger partial charge on any atom is -0.474 e. The second kappa shape index (κ2) is 9.42. The molecule has 7 nitrogen and oxygen atoms in total. The summed E-state index contributed by atoms with van der Waals surface area (Å²) in [6, 6.07) is 5.98. The van der Waals surface area contributed by atoms with Gasteiger partial charge in [0.05, 0.1) is 16.4 Å². The van der Waals surface area contributed by atoms with Gasteiger partial charge >= 0.3 is 6.16 Å². The third kappa shape index (κ3) is 6.00. The highest BCUT2D eigenvalue weighted by atomic mass is 16.7. The molecule has 1 aromatic heterocycles. The van der Waals surface area contributed by atoms with Gasteiger partial charge in [0, 0.05) is 12.1 Å². The lowest BCUT2D eigenvalue weighted by atomic mass is 9.77. The number of nitrogens with zero attached hydrogens (tertiary/aromatic N) is 2. The number of nitrogens with one attached hydrogen (secondary N) is 1. The molecule has 1 aliphatic carbocycles. The highest BCUT2D eigenvalue weighted by Crippen LogP contribution is 2.36. The molecule has 1 fully saturated rings. The standard InChI is InChI=1S/C24H31N3O4/c1-6-11-24(12-8-13-24)27-17-9-10-19-18(16-17)21(26-20(7-2)25-19)29-14-15-30-22(28)31-23(3,4)5/h9-10,16,27H,7-8,12-15H2,1-5H3. The molecule has 1 saturated carbocycles. The Morgan fingerprint density at radius 1 is 1.23 bits per heavy atom. The minimum atomic E-state index is -0.716. The first-order valence-corrected chi connectivity index (χ1v) is 10.7. The Bertz CT molecular complexity index is 998. The number of aryl methyl sites for hydroxylation is 1. The van der Waals surface area contributed by atoms with Gasteiger partial charge in [-0.1, -0.05) is 12.8 Å². The molecule has 1 aliphatic rings. The summed E-state index contributed by atoms with van der Waals surface area (Å²) in [7, 11) is 0. The number of fused-ring (bicyclic) bond motifs is 1. The van der Waals surface area contributed by atoms with Crippen molar-refractivity contribution in [1.29, 1.82) is 0 Å². The minimum absolute atomic E-state index is 0.0645. The third-order valence-corrected chi connectivity index (χ3v) is 4.91. The molecule has 2 aromatic rings. The van der Waals surface area contributed by atoms with E-state index >= 15 is 0 Å². The second-order valence-electron chi connectivity index (χ2n) is 8.63. The summed E-state index contributed by atoms with van der Waals surface area (Å²) in [4.78, 5) is 20.9. The van der Waals surface area contributed by atoms with Gasteiger partial charge in [0.1, 0.15) is 24.6 Å². The van der Waals surface area contributed by atoms with Crippen LogP contribution in [0.4, 0.5) is 10.5 Å². The van der Waals surface area contributed by atoms with Crippen LogP contribution in [0.2, 0.25) is 0 Å². The lowest BCUT2D eigenvalue weighted by Crippen LogP contribution is -2.43. The fourth-order valence-corrected chi connectivity index (χ4v) is 3.36. The van der Waals surface area contributed by atoms with Crippen LogP contribution in [0.3, 0.4) is 0 Å². The summed E-state index contributed by atoms with van der Waals surface area (Å²) >= 11 is 0. The lowest BCUT2D eigenvalue weighted by Gasteiger charge is -2.39. The fraction of sp³-hybridized carbons (Fsp3) is 0.542. The number of carbonyl (C=O) groups excluding carboxylic acids is 1. The number of anilines is 1. The van der Waals surface area contributed by atoms with Gasteiger partial charge < -0.3 is 19.5 Å². The van der Waals surface area contributed by atoms with E-state index in [0.29, 0.717) is 18.1 Å². The lowest BCUT2D eigenvalue weighted by molar-refractivity contribution is -0.0115. The van der Waals surface area contributed by atoms with Crippen LogP contribution in [0.1, 0.15) is 59.7 Å². The first-order chi connectivity index (χ1) is 14.7. The Morgan fingerprint density at radius 3 is 2.61 bits per heavy atom. The number of aromatic nitrogens is 2. The van der Waals surface area contributed by atoms with Crippen LogP contribution in [-0.4, -0.2) is 40.5 Å². The zero-order chi connectivity index (χ0) is 22.5. The van der Waals surface area contributed by atoms with Crippen LogP contribution >= 0.6 is 0 Å². The summed E-state index contributed by atoms with van der Waals surface area (Å²) in [5.74, 6) is 7.52. The SMILES string of the molecule is CC#CC1(Nc2ccc3nc(CC)nc(OCCOC(=O)OC(C)(C)C)c3c2)CCC1. The highest BCUT2D eigenvalue weighted by Gasteiger charge is 2.35. The Labute approximate surface area is 183 Å². The Kier molecular flexibility index (Phi) is 6.89. The van der Waals surface area contributed by atoms with E-state index < -0.39 is 11.8 Å². The maximum atomic E-state index is 11.7. The largest absolute Gasteiger partial charge is 0.508 e. The molecule has 0 radical (unpaired) electrons. The molecule has 31 heavy (non-hydrogen) atoms. The first-order valence-electron chi connectivity index (χ1n) is 10.7. The number of hydrogen-bond acceptors (Lipinski definition) is 7. The smallest absolute Gasteiger partial charge is 0.474 e. The zero-order valence-electron chi connectivity index (χ0n) is 19.0. The number of rotatable bonds is 7. The zero-order valence-corrected chi connectivity index (χ0v) is 19.0. The van der Waals surface area contributed by atoms with Gasteiger partial charge in [0.15, 0.2) is 0 Å². The normalized spacial score (nSPS) is 14.7. The summed E-state index contributed by atoms with van der Waals surface area (Å²) in [6.45, 7) is 9.46. The van der Waals surface area contributed by atoms with E-state index in [1.807, 2.05) is 32.0 Å². The van der Waals surface area contributed by atoms with Crippen molar-refractivity contribution in [3.8, 4) is 17.7 Å². The molecule has 0 saturated heterocycles. The number of ether oxygens (including phenoxy) is 3. The summed E-state index contributed by atoms with van der Waals surface area (Å²) in [5, 5.41) is 4.38. The van der Waals surface area contributed by atoms with E-state index in [0.717, 1.165) is 29.4 Å². The van der Waals surface area contributed by atoms with E-state index in [-0.39, 0.29) is 18.8 Å². The average Bonchev–Trinajstić information content (AvgIpc) is 2.68. The van der Waals surface area contributed by atoms with Crippen molar-refractivity contribution < 1.29 is 19.0 Å². The maximum absolute atomic E-state index is 11.7. The molecule has 1 N–H and O–H groups in total. The molecule has 1 heterocycles. The summed E-state index contributed by atoms with van der Waals surface area (Å²) in [5.41, 5.74) is 1.01. The fourth-order valence-electron chi connectivity index (χ4n) is 3.36. The van der Waals surface area contributed by atoms with Crippen LogP contribution in [0.25, 0.3) is 10.9 Å². The molecular formula is C24H31N3O4. The van der Waals surface area contributed by atoms with Gasteiger partial charge in [-0.2, -0.15) is 4.98 Å². The van der Waals surface area contributed by atoms with E-state index in [1.54, 1.807) is 20.8 Å². The van der Waals surface area contributed by atoms with Crippen molar-refractivity contribution in [2.45, 2.75) is 71.4 Å². The van der Waals surface area contributed by atoms with Crippen LogP contribution in [-0.2, 0) is 15.9 Å². The quantitative estimate of drug-likeness (QED) is 0.384. The number of hydrogen-bond donors (Lipinski definition) is 1. The molecule has 0 atom stereocenters. The Hall–Kier alpha value is -3.01. The molecule has 0 bridgehead atoms. The van der Waals surface area contributed by atoms with Crippen molar-refractivity contribution >= 4 is 22.7 Å². The molecule has 0 spiro atoms. The van der Waals surface area contributed by atoms with E-state index in [1.165, 1.54) is 6.42 Å². The van der Waals surface area contributed by atoms with Crippen molar-refractivity contribution in [3.05, 3.63) is 24.0 Å². The van der Waals surface area contributed by atoms with Crippen LogP contribution < -0.4 is 10.1 Å². The predicted octanol–water partition coefficient (Wildman–Crippen LogP) is 4.88. The number of carbonyl (C=O) groups is 1. The molecule has 166 valence electrons.